The van der Waals surface area contributed by atoms with Crippen molar-refractivity contribution in [3.05, 3.63) is 29.3 Å². The van der Waals surface area contributed by atoms with E-state index < -0.39 is 17.6 Å². The SMILES string of the molecule is CC(C)(C)OC(=O)N1CCC(c2cccc3c2CC(=O)N3C2CCC(=O)NC2=O)CC1. The standard InChI is InChI=1S/C23H29N3O5/c1-23(2,3)31-22(30)25-11-9-14(10-12-25)15-5-4-6-17-16(15)13-20(28)26(17)18-7-8-19(27)24-21(18)29/h4-6,14,18H,7-13H2,1-3H3,(H,24,27,29). The van der Waals surface area contributed by atoms with Gasteiger partial charge in [0.15, 0.2) is 0 Å². The van der Waals surface area contributed by atoms with Crippen molar-refractivity contribution in [2.45, 2.75) is 70.4 Å². The van der Waals surface area contributed by atoms with E-state index in [1.165, 1.54) is 0 Å². The number of likely N-dealkylation sites (tertiary alicyclic amines) is 1. The maximum atomic E-state index is 12.9. The van der Waals surface area contributed by atoms with Gasteiger partial charge < -0.3 is 9.64 Å². The summed E-state index contributed by atoms with van der Waals surface area (Å²) in [6, 6.07) is 5.21. The van der Waals surface area contributed by atoms with Crippen molar-refractivity contribution in [2.75, 3.05) is 18.0 Å². The van der Waals surface area contributed by atoms with Gasteiger partial charge in [0.2, 0.25) is 17.7 Å². The molecule has 1 atom stereocenters. The van der Waals surface area contributed by atoms with Gasteiger partial charge in [-0.25, -0.2) is 4.79 Å². The number of fused-ring (bicyclic) bond motifs is 1. The van der Waals surface area contributed by atoms with Gasteiger partial charge in [0.1, 0.15) is 11.6 Å². The van der Waals surface area contributed by atoms with Crippen LogP contribution >= 0.6 is 0 Å². The summed E-state index contributed by atoms with van der Waals surface area (Å²) in [6.45, 7) is 6.78. The topological polar surface area (TPSA) is 96.0 Å². The molecule has 3 aliphatic rings. The minimum absolute atomic E-state index is 0.108. The van der Waals surface area contributed by atoms with Crippen LogP contribution in [-0.4, -0.2) is 53.4 Å². The number of nitrogens with zero attached hydrogens (tertiary/aromatic N) is 2. The Morgan fingerprint density at radius 3 is 2.45 bits per heavy atom. The molecule has 1 aromatic carbocycles. The summed E-state index contributed by atoms with van der Waals surface area (Å²) >= 11 is 0. The first-order valence-electron chi connectivity index (χ1n) is 10.9. The fraction of sp³-hybridized carbons (Fsp3) is 0.565. The van der Waals surface area contributed by atoms with Crippen LogP contribution in [0.1, 0.15) is 63.5 Å². The number of ether oxygens (including phenoxy) is 1. The summed E-state index contributed by atoms with van der Waals surface area (Å²) in [5.41, 5.74) is 2.33. The molecule has 3 heterocycles. The Hall–Kier alpha value is -2.90. The van der Waals surface area contributed by atoms with Crippen molar-refractivity contribution >= 4 is 29.5 Å². The first kappa shape index (κ1) is 21.3. The minimum Gasteiger partial charge on any atom is -0.444 e. The number of carbonyl (C=O) groups is 4. The summed E-state index contributed by atoms with van der Waals surface area (Å²) in [7, 11) is 0. The number of nitrogens with one attached hydrogen (secondary N) is 1. The molecule has 0 aromatic heterocycles. The van der Waals surface area contributed by atoms with Crippen LogP contribution in [0.5, 0.6) is 0 Å². The molecule has 31 heavy (non-hydrogen) atoms. The smallest absolute Gasteiger partial charge is 0.410 e. The lowest BCUT2D eigenvalue weighted by atomic mass is 9.85. The maximum Gasteiger partial charge on any atom is 0.410 e. The Kier molecular flexibility index (Phi) is 5.49. The number of imide groups is 1. The zero-order chi connectivity index (χ0) is 22.3. The number of hydrogen-bond donors (Lipinski definition) is 1. The molecule has 1 N–H and O–H groups in total. The van der Waals surface area contributed by atoms with Crippen molar-refractivity contribution < 1.29 is 23.9 Å². The van der Waals surface area contributed by atoms with Gasteiger partial charge in [-0.2, -0.15) is 0 Å². The van der Waals surface area contributed by atoms with E-state index in [-0.39, 0.29) is 36.7 Å². The Balaban J connectivity index is 1.50. The Bertz CT molecular complexity index is 928. The number of amides is 4. The molecular formula is C23H29N3O5. The van der Waals surface area contributed by atoms with E-state index in [9.17, 15) is 19.2 Å². The van der Waals surface area contributed by atoms with Crippen LogP contribution in [0.4, 0.5) is 10.5 Å². The molecule has 0 bridgehead atoms. The number of rotatable bonds is 2. The first-order chi connectivity index (χ1) is 14.6. The number of piperidine rings is 2. The average molecular weight is 428 g/mol. The summed E-state index contributed by atoms with van der Waals surface area (Å²) in [4.78, 5) is 52.4. The molecule has 8 nitrogen and oxygen atoms in total. The van der Waals surface area contributed by atoms with Gasteiger partial charge in [-0.05, 0) is 63.1 Å². The fourth-order valence-electron chi connectivity index (χ4n) is 4.73. The lowest BCUT2D eigenvalue weighted by molar-refractivity contribution is -0.135. The van der Waals surface area contributed by atoms with Gasteiger partial charge in [-0.15, -0.1) is 0 Å². The fourth-order valence-corrected chi connectivity index (χ4v) is 4.73. The second kappa shape index (κ2) is 7.98. The van der Waals surface area contributed by atoms with Crippen LogP contribution in [0.15, 0.2) is 18.2 Å². The van der Waals surface area contributed by atoms with Crippen LogP contribution in [0.2, 0.25) is 0 Å². The van der Waals surface area contributed by atoms with Crippen molar-refractivity contribution in [1.82, 2.24) is 10.2 Å². The molecule has 0 saturated carbocycles. The molecule has 4 amide bonds. The summed E-state index contributed by atoms with van der Waals surface area (Å²) in [6.07, 6.45) is 2.13. The van der Waals surface area contributed by atoms with Crippen LogP contribution in [-0.2, 0) is 25.5 Å². The highest BCUT2D eigenvalue weighted by atomic mass is 16.6. The number of hydrogen-bond acceptors (Lipinski definition) is 5. The first-order valence-corrected chi connectivity index (χ1v) is 10.9. The quantitative estimate of drug-likeness (QED) is 0.732. The van der Waals surface area contributed by atoms with Crippen LogP contribution in [0.3, 0.4) is 0 Å². The predicted octanol–water partition coefficient (Wildman–Crippen LogP) is 2.50. The highest BCUT2D eigenvalue weighted by Crippen LogP contribution is 2.40. The molecule has 2 fully saturated rings. The largest absolute Gasteiger partial charge is 0.444 e. The van der Waals surface area contributed by atoms with E-state index in [0.29, 0.717) is 19.5 Å². The van der Waals surface area contributed by atoms with Crippen molar-refractivity contribution in [3.63, 3.8) is 0 Å². The van der Waals surface area contributed by atoms with Crippen molar-refractivity contribution in [2.24, 2.45) is 0 Å². The zero-order valence-corrected chi connectivity index (χ0v) is 18.3. The molecule has 166 valence electrons. The second-order valence-corrected chi connectivity index (χ2v) is 9.49. The summed E-state index contributed by atoms with van der Waals surface area (Å²) < 4.78 is 5.48. The Morgan fingerprint density at radius 1 is 1.10 bits per heavy atom. The molecular weight excluding hydrogens is 398 g/mol. The monoisotopic (exact) mass is 427 g/mol. The molecule has 4 rings (SSSR count). The average Bonchev–Trinajstić information content (AvgIpc) is 3.03. The van der Waals surface area contributed by atoms with Crippen molar-refractivity contribution in [1.29, 1.82) is 0 Å². The van der Waals surface area contributed by atoms with E-state index >= 15 is 0 Å². The Morgan fingerprint density at radius 2 is 1.81 bits per heavy atom. The number of anilines is 1. The van der Waals surface area contributed by atoms with Crippen LogP contribution in [0.25, 0.3) is 0 Å². The maximum absolute atomic E-state index is 12.9. The summed E-state index contributed by atoms with van der Waals surface area (Å²) in [5, 5.41) is 2.35. The van der Waals surface area contributed by atoms with Gasteiger partial charge in [0.05, 0.1) is 6.42 Å². The van der Waals surface area contributed by atoms with Gasteiger partial charge in [0, 0.05) is 25.2 Å². The van der Waals surface area contributed by atoms with Gasteiger partial charge >= 0.3 is 6.09 Å². The summed E-state index contributed by atoms with van der Waals surface area (Å²) in [5.74, 6) is -0.571. The van der Waals surface area contributed by atoms with E-state index in [2.05, 4.69) is 5.32 Å². The predicted molar refractivity (Wildman–Crippen MR) is 114 cm³/mol. The molecule has 2 saturated heterocycles. The third-order valence-electron chi connectivity index (χ3n) is 6.15. The normalized spacial score (nSPS) is 22.4. The van der Waals surface area contributed by atoms with Crippen LogP contribution < -0.4 is 10.2 Å². The van der Waals surface area contributed by atoms with E-state index in [1.807, 2.05) is 39.0 Å². The van der Waals surface area contributed by atoms with Crippen molar-refractivity contribution in [3.8, 4) is 0 Å². The van der Waals surface area contributed by atoms with Gasteiger partial charge in [-0.3, -0.25) is 24.6 Å². The Labute approximate surface area is 181 Å². The second-order valence-electron chi connectivity index (χ2n) is 9.49. The third-order valence-corrected chi connectivity index (χ3v) is 6.15. The third kappa shape index (κ3) is 4.29. The van der Waals surface area contributed by atoms with E-state index in [0.717, 1.165) is 29.7 Å². The zero-order valence-electron chi connectivity index (χ0n) is 18.3. The lowest BCUT2D eigenvalue weighted by Gasteiger charge is -2.34. The lowest BCUT2D eigenvalue weighted by Crippen LogP contribution is -2.53. The minimum atomic E-state index is -0.643. The molecule has 0 radical (unpaired) electrons. The molecule has 1 aromatic rings. The number of carbonyl (C=O) groups excluding carboxylic acids is 4. The highest BCUT2D eigenvalue weighted by Gasteiger charge is 2.41. The van der Waals surface area contributed by atoms with E-state index in [1.54, 1.807) is 9.80 Å². The number of benzene rings is 1. The van der Waals surface area contributed by atoms with Gasteiger partial charge in [-0.1, -0.05) is 12.1 Å². The molecule has 0 aliphatic carbocycles. The van der Waals surface area contributed by atoms with Gasteiger partial charge in [0.25, 0.3) is 0 Å². The van der Waals surface area contributed by atoms with E-state index in [4.69, 9.17) is 4.74 Å². The van der Waals surface area contributed by atoms with Crippen LogP contribution in [0, 0.1) is 0 Å². The molecule has 0 spiro atoms. The molecule has 3 aliphatic heterocycles. The molecule has 1 unspecified atom stereocenters. The highest BCUT2D eigenvalue weighted by molar-refractivity contribution is 6.10. The molecule has 8 heteroatoms.